The Kier molecular flexibility index (Phi) is 6.93. The third-order valence-corrected chi connectivity index (χ3v) is 7.11. The Morgan fingerprint density at radius 2 is 1.72 bits per heavy atom. The van der Waals surface area contributed by atoms with E-state index in [4.69, 9.17) is 4.74 Å². The van der Waals surface area contributed by atoms with Gasteiger partial charge in [-0.3, -0.25) is 25.2 Å². The van der Waals surface area contributed by atoms with Gasteiger partial charge in [0.1, 0.15) is 11.6 Å². The summed E-state index contributed by atoms with van der Waals surface area (Å²) in [6, 6.07) is 18.3. The molecule has 0 saturated carbocycles. The van der Waals surface area contributed by atoms with Gasteiger partial charge in [-0.25, -0.2) is 13.4 Å². The average molecular weight is 508 g/mol. The van der Waals surface area contributed by atoms with Crippen molar-refractivity contribution in [2.24, 2.45) is 7.05 Å². The van der Waals surface area contributed by atoms with Crippen LogP contribution < -0.4 is 20.3 Å². The fourth-order valence-electron chi connectivity index (χ4n) is 3.70. The quantitative estimate of drug-likeness (QED) is 0.330. The number of para-hydroxylation sites is 4. The number of anilines is 1. The molecule has 3 aromatic carbocycles. The van der Waals surface area contributed by atoms with Gasteiger partial charge in [-0.15, -0.1) is 0 Å². The number of methoxy groups -OCH3 is 1. The molecule has 1 heterocycles. The van der Waals surface area contributed by atoms with Gasteiger partial charge in [0, 0.05) is 12.6 Å². The standard InChI is InChI=1S/C25H25N5O5S/c1-16-12-13-17(14-22(16)36(33,34)29-19-9-5-7-11-21(19)35-3)25(32)28-27-24(31)15-23-26-18-8-4-6-10-20(18)30(23)2/h4-14,29H,15H2,1-3H3,(H,27,31)(H,28,32). The van der Waals surface area contributed by atoms with Gasteiger partial charge in [0.15, 0.2) is 0 Å². The number of ether oxygens (including phenoxy) is 1. The van der Waals surface area contributed by atoms with Crippen molar-refractivity contribution >= 4 is 38.6 Å². The Balaban J connectivity index is 1.45. The van der Waals surface area contributed by atoms with Crippen LogP contribution in [0.25, 0.3) is 11.0 Å². The van der Waals surface area contributed by atoms with Gasteiger partial charge in [-0.1, -0.05) is 30.3 Å². The fourth-order valence-corrected chi connectivity index (χ4v) is 5.04. The number of hydrogen-bond acceptors (Lipinski definition) is 6. The van der Waals surface area contributed by atoms with E-state index < -0.39 is 21.8 Å². The van der Waals surface area contributed by atoms with Crippen molar-refractivity contribution in [1.29, 1.82) is 0 Å². The Labute approximate surface area is 208 Å². The van der Waals surface area contributed by atoms with Crippen molar-refractivity contribution in [3.05, 3.63) is 83.7 Å². The first-order valence-corrected chi connectivity index (χ1v) is 12.4. The molecule has 0 aliphatic heterocycles. The monoisotopic (exact) mass is 507 g/mol. The molecule has 0 radical (unpaired) electrons. The summed E-state index contributed by atoms with van der Waals surface area (Å²) in [5, 5.41) is 0. The fraction of sp³-hybridized carbons (Fsp3) is 0.160. The Bertz CT molecular complexity index is 1560. The number of nitrogens with one attached hydrogen (secondary N) is 3. The predicted octanol–water partition coefficient (Wildman–Crippen LogP) is 2.69. The van der Waals surface area contributed by atoms with E-state index in [1.165, 1.54) is 25.3 Å². The van der Waals surface area contributed by atoms with Gasteiger partial charge < -0.3 is 9.30 Å². The van der Waals surface area contributed by atoms with Crippen molar-refractivity contribution in [2.45, 2.75) is 18.2 Å². The van der Waals surface area contributed by atoms with E-state index in [-0.39, 0.29) is 22.6 Å². The first kappa shape index (κ1) is 24.7. The van der Waals surface area contributed by atoms with Crippen molar-refractivity contribution in [2.75, 3.05) is 11.8 Å². The molecule has 11 heteroatoms. The number of nitrogens with zero attached hydrogens (tertiary/aromatic N) is 2. The van der Waals surface area contributed by atoms with Gasteiger partial charge >= 0.3 is 0 Å². The number of carbonyl (C=O) groups excluding carboxylic acids is 2. The molecule has 10 nitrogen and oxygen atoms in total. The van der Waals surface area contributed by atoms with Gasteiger partial charge in [0.25, 0.3) is 15.9 Å². The normalized spacial score (nSPS) is 11.2. The second kappa shape index (κ2) is 10.1. The number of benzene rings is 3. The molecule has 4 aromatic rings. The van der Waals surface area contributed by atoms with E-state index in [2.05, 4.69) is 20.6 Å². The predicted molar refractivity (Wildman–Crippen MR) is 135 cm³/mol. The highest BCUT2D eigenvalue weighted by Crippen LogP contribution is 2.27. The molecular weight excluding hydrogens is 482 g/mol. The number of aryl methyl sites for hydroxylation is 2. The van der Waals surface area contributed by atoms with Crippen LogP contribution >= 0.6 is 0 Å². The SMILES string of the molecule is COc1ccccc1NS(=O)(=O)c1cc(C(=O)NNC(=O)Cc2nc3ccccc3n2C)ccc1C. The number of aromatic nitrogens is 2. The highest BCUT2D eigenvalue weighted by Gasteiger charge is 2.21. The van der Waals surface area contributed by atoms with E-state index in [0.29, 0.717) is 17.1 Å². The van der Waals surface area contributed by atoms with Crippen LogP contribution in [-0.2, 0) is 28.3 Å². The summed E-state index contributed by atoms with van der Waals surface area (Å²) in [6.07, 6.45) is -0.0538. The molecule has 0 fully saturated rings. The third kappa shape index (κ3) is 5.15. The highest BCUT2D eigenvalue weighted by atomic mass is 32.2. The highest BCUT2D eigenvalue weighted by molar-refractivity contribution is 7.92. The Morgan fingerprint density at radius 1 is 1.00 bits per heavy atom. The number of imidazole rings is 1. The van der Waals surface area contributed by atoms with E-state index in [1.807, 2.05) is 35.9 Å². The largest absolute Gasteiger partial charge is 0.495 e. The molecule has 2 amide bonds. The zero-order valence-electron chi connectivity index (χ0n) is 19.9. The molecule has 0 spiro atoms. The smallest absolute Gasteiger partial charge is 0.269 e. The summed E-state index contributed by atoms with van der Waals surface area (Å²) in [4.78, 5) is 29.5. The summed E-state index contributed by atoms with van der Waals surface area (Å²) < 4.78 is 35.6. The van der Waals surface area contributed by atoms with Crippen LogP contribution in [0.1, 0.15) is 21.7 Å². The number of hydrogen-bond donors (Lipinski definition) is 3. The molecule has 36 heavy (non-hydrogen) atoms. The second-order valence-electron chi connectivity index (χ2n) is 8.04. The minimum Gasteiger partial charge on any atom is -0.495 e. The summed E-state index contributed by atoms with van der Waals surface area (Å²) in [5.74, 6) is -0.244. The summed E-state index contributed by atoms with van der Waals surface area (Å²) >= 11 is 0. The van der Waals surface area contributed by atoms with Gasteiger partial charge in [0.05, 0.1) is 35.1 Å². The van der Waals surface area contributed by atoms with Crippen LogP contribution in [0.2, 0.25) is 0 Å². The molecule has 0 atom stereocenters. The number of amides is 2. The lowest BCUT2D eigenvalue weighted by Gasteiger charge is -2.14. The minimum atomic E-state index is -4.03. The molecule has 3 N–H and O–H groups in total. The second-order valence-corrected chi connectivity index (χ2v) is 9.69. The van der Waals surface area contributed by atoms with Crippen molar-refractivity contribution in [3.8, 4) is 5.75 Å². The lowest BCUT2D eigenvalue weighted by Crippen LogP contribution is -2.42. The molecule has 0 unspecified atom stereocenters. The van der Waals surface area contributed by atoms with Crippen LogP contribution in [0.3, 0.4) is 0 Å². The Hall–Kier alpha value is -4.38. The van der Waals surface area contributed by atoms with Crippen molar-refractivity contribution < 1.29 is 22.7 Å². The van der Waals surface area contributed by atoms with Crippen molar-refractivity contribution in [1.82, 2.24) is 20.4 Å². The van der Waals surface area contributed by atoms with E-state index in [0.717, 1.165) is 11.0 Å². The summed E-state index contributed by atoms with van der Waals surface area (Å²) in [5.41, 5.74) is 7.11. The van der Waals surface area contributed by atoms with Crippen LogP contribution in [0.4, 0.5) is 5.69 Å². The molecule has 4 rings (SSSR count). The van der Waals surface area contributed by atoms with Crippen LogP contribution in [-0.4, -0.2) is 36.9 Å². The molecule has 1 aromatic heterocycles. The Morgan fingerprint density at radius 3 is 2.47 bits per heavy atom. The van der Waals surface area contributed by atoms with Gasteiger partial charge in [0.2, 0.25) is 5.91 Å². The zero-order chi connectivity index (χ0) is 25.9. The lowest BCUT2D eigenvalue weighted by atomic mass is 10.1. The average Bonchev–Trinajstić information content (AvgIpc) is 3.17. The van der Waals surface area contributed by atoms with Crippen molar-refractivity contribution in [3.63, 3.8) is 0 Å². The first-order valence-electron chi connectivity index (χ1n) is 11.0. The maximum atomic E-state index is 13.1. The van der Waals surface area contributed by atoms with E-state index in [1.54, 1.807) is 31.2 Å². The van der Waals surface area contributed by atoms with Gasteiger partial charge in [-0.2, -0.15) is 0 Å². The first-order chi connectivity index (χ1) is 17.2. The number of hydrazine groups is 1. The van der Waals surface area contributed by atoms with E-state index in [9.17, 15) is 18.0 Å². The van der Waals surface area contributed by atoms with Crippen LogP contribution in [0.15, 0.2) is 71.6 Å². The minimum absolute atomic E-state index is 0.0538. The number of sulfonamides is 1. The molecule has 186 valence electrons. The molecular formula is C25H25N5O5S. The lowest BCUT2D eigenvalue weighted by molar-refractivity contribution is -0.121. The number of rotatable bonds is 7. The molecule has 0 saturated heterocycles. The van der Waals surface area contributed by atoms with Crippen LogP contribution in [0.5, 0.6) is 5.75 Å². The molecule has 0 aliphatic rings. The maximum Gasteiger partial charge on any atom is 0.269 e. The number of carbonyl (C=O) groups is 2. The molecule has 0 bridgehead atoms. The summed E-state index contributed by atoms with van der Waals surface area (Å²) in [7, 11) is -0.783. The maximum absolute atomic E-state index is 13.1. The zero-order valence-corrected chi connectivity index (χ0v) is 20.7. The third-order valence-electron chi connectivity index (χ3n) is 5.61. The van der Waals surface area contributed by atoms with E-state index >= 15 is 0 Å². The summed E-state index contributed by atoms with van der Waals surface area (Å²) in [6.45, 7) is 1.62. The topological polar surface area (TPSA) is 131 Å². The van der Waals surface area contributed by atoms with Gasteiger partial charge in [-0.05, 0) is 48.9 Å². The van der Waals surface area contributed by atoms with Crippen LogP contribution in [0, 0.1) is 6.92 Å². The number of fused-ring (bicyclic) bond motifs is 1. The molecule has 0 aliphatic carbocycles.